The van der Waals surface area contributed by atoms with Crippen LogP contribution >= 0.6 is 11.3 Å². The number of carbonyl (C=O) groups is 1. The van der Waals surface area contributed by atoms with E-state index >= 15 is 0 Å². The average molecular weight is 454 g/mol. The van der Waals surface area contributed by atoms with Crippen molar-refractivity contribution in [1.29, 1.82) is 0 Å². The van der Waals surface area contributed by atoms with Gasteiger partial charge in [0.1, 0.15) is 16.5 Å². The lowest BCUT2D eigenvalue weighted by Crippen LogP contribution is -2.47. The van der Waals surface area contributed by atoms with Gasteiger partial charge in [0.05, 0.1) is 34.9 Å². The molecule has 1 saturated heterocycles. The Morgan fingerprint density at radius 1 is 1.19 bits per heavy atom. The molecule has 0 atom stereocenters. The van der Waals surface area contributed by atoms with Gasteiger partial charge in [-0.05, 0) is 26.0 Å². The summed E-state index contributed by atoms with van der Waals surface area (Å²) in [6.07, 6.45) is 3.85. The van der Waals surface area contributed by atoms with Crippen molar-refractivity contribution in [2.45, 2.75) is 20.3 Å². The van der Waals surface area contributed by atoms with E-state index in [1.54, 1.807) is 18.5 Å². The number of β-amino-alcohol motifs (C(OH)–C–C–N with tert-alkyl or cyclic N) is 1. The molecule has 32 heavy (non-hydrogen) atoms. The lowest BCUT2D eigenvalue weighted by atomic mass is 10.2. The molecule has 1 aliphatic heterocycles. The number of aryl methyl sites for hydroxylation is 2. The molecule has 3 aromatic heterocycles. The summed E-state index contributed by atoms with van der Waals surface area (Å²) in [5, 5.41) is 12.9. The first-order chi connectivity index (χ1) is 15.5. The molecule has 0 aromatic carbocycles. The molecule has 168 valence electrons. The number of aromatic nitrogens is 4. The van der Waals surface area contributed by atoms with Crippen LogP contribution in [0.2, 0.25) is 0 Å². The Morgan fingerprint density at radius 2 is 2.00 bits per heavy atom. The Kier molecular flexibility index (Phi) is 7.03. The highest BCUT2D eigenvalue weighted by Gasteiger charge is 2.19. The summed E-state index contributed by atoms with van der Waals surface area (Å²) in [5.74, 6) is 1.44. The van der Waals surface area contributed by atoms with E-state index in [-0.39, 0.29) is 12.5 Å². The van der Waals surface area contributed by atoms with E-state index < -0.39 is 0 Å². The summed E-state index contributed by atoms with van der Waals surface area (Å²) in [5.41, 5.74) is 2.35. The number of anilines is 2. The largest absolute Gasteiger partial charge is 0.395 e. The van der Waals surface area contributed by atoms with Crippen LogP contribution in [0, 0.1) is 13.8 Å². The number of piperazine rings is 1. The van der Waals surface area contributed by atoms with Gasteiger partial charge in [0.25, 0.3) is 5.91 Å². The van der Waals surface area contributed by atoms with Crippen LogP contribution in [0.3, 0.4) is 0 Å². The molecule has 4 heterocycles. The zero-order valence-corrected chi connectivity index (χ0v) is 19.1. The average Bonchev–Trinajstić information content (AvgIpc) is 3.24. The molecule has 1 aliphatic rings. The van der Waals surface area contributed by atoms with Crippen molar-refractivity contribution in [2.75, 3.05) is 49.5 Å². The first kappa shape index (κ1) is 22.3. The fourth-order valence-corrected chi connectivity index (χ4v) is 4.49. The van der Waals surface area contributed by atoms with E-state index in [0.29, 0.717) is 23.5 Å². The number of pyridine rings is 1. The van der Waals surface area contributed by atoms with E-state index in [0.717, 1.165) is 54.2 Å². The van der Waals surface area contributed by atoms with Crippen LogP contribution in [0.25, 0.3) is 0 Å². The Balaban J connectivity index is 1.42. The molecule has 4 rings (SSSR count). The van der Waals surface area contributed by atoms with Gasteiger partial charge in [0.15, 0.2) is 0 Å². The van der Waals surface area contributed by atoms with Crippen LogP contribution in [0.5, 0.6) is 0 Å². The topological polar surface area (TPSA) is 107 Å². The first-order valence-corrected chi connectivity index (χ1v) is 11.4. The van der Waals surface area contributed by atoms with Crippen molar-refractivity contribution >= 4 is 28.7 Å². The second kappa shape index (κ2) is 10.1. The van der Waals surface area contributed by atoms with Gasteiger partial charge in [-0.3, -0.25) is 14.7 Å². The van der Waals surface area contributed by atoms with Crippen molar-refractivity contribution in [1.82, 2.24) is 24.8 Å². The summed E-state index contributed by atoms with van der Waals surface area (Å²) >= 11 is 1.37. The number of hydrogen-bond acceptors (Lipinski definition) is 9. The Morgan fingerprint density at radius 3 is 2.75 bits per heavy atom. The van der Waals surface area contributed by atoms with Crippen molar-refractivity contribution in [3.8, 4) is 0 Å². The highest BCUT2D eigenvalue weighted by Crippen LogP contribution is 2.21. The minimum absolute atomic E-state index is 0.187. The summed E-state index contributed by atoms with van der Waals surface area (Å²) in [6.45, 7) is 8.19. The molecular weight excluding hydrogens is 426 g/mol. The van der Waals surface area contributed by atoms with E-state index in [9.17, 15) is 4.79 Å². The van der Waals surface area contributed by atoms with Gasteiger partial charge < -0.3 is 15.3 Å². The molecule has 3 aromatic rings. The number of amides is 1. The van der Waals surface area contributed by atoms with Gasteiger partial charge in [-0.2, -0.15) is 0 Å². The molecule has 0 aliphatic carbocycles. The first-order valence-electron chi connectivity index (χ1n) is 10.6. The number of carbonyl (C=O) groups excluding carboxylic acids is 1. The number of hydrogen-bond donors (Lipinski definition) is 2. The van der Waals surface area contributed by atoms with Crippen LogP contribution in [0.15, 0.2) is 30.6 Å². The summed E-state index contributed by atoms with van der Waals surface area (Å²) in [6, 6.07) is 5.63. The molecule has 2 N–H and O–H groups in total. The van der Waals surface area contributed by atoms with E-state index in [1.165, 1.54) is 11.3 Å². The van der Waals surface area contributed by atoms with Crippen molar-refractivity contribution in [2.24, 2.45) is 0 Å². The van der Waals surface area contributed by atoms with Crippen LogP contribution in [0.1, 0.15) is 31.9 Å². The molecular formula is C22H27N7O2S. The predicted molar refractivity (Wildman–Crippen MR) is 124 cm³/mol. The third kappa shape index (κ3) is 5.45. The Hall–Kier alpha value is -2.95. The third-order valence-corrected chi connectivity index (χ3v) is 6.35. The summed E-state index contributed by atoms with van der Waals surface area (Å²) in [4.78, 5) is 35.5. The van der Waals surface area contributed by atoms with Gasteiger partial charge in [-0.1, -0.05) is 0 Å². The molecule has 0 saturated carbocycles. The second-order valence-electron chi connectivity index (χ2n) is 7.70. The normalized spacial score (nSPS) is 14.5. The number of aliphatic hydroxyl groups excluding tert-OH is 1. The number of rotatable bonds is 7. The number of thiazole rings is 1. The zero-order chi connectivity index (χ0) is 22.5. The predicted octanol–water partition coefficient (Wildman–Crippen LogP) is 1.90. The van der Waals surface area contributed by atoms with Crippen LogP contribution in [-0.2, 0) is 6.42 Å². The fraction of sp³-hybridized carbons (Fsp3) is 0.409. The molecule has 1 fully saturated rings. The van der Waals surface area contributed by atoms with Crippen molar-refractivity contribution < 1.29 is 9.90 Å². The minimum atomic E-state index is -0.190. The van der Waals surface area contributed by atoms with Crippen molar-refractivity contribution in [3.05, 3.63) is 57.7 Å². The molecule has 1 amide bonds. The summed E-state index contributed by atoms with van der Waals surface area (Å²) < 4.78 is 0. The van der Waals surface area contributed by atoms with Gasteiger partial charge in [-0.25, -0.2) is 15.0 Å². The number of nitrogens with zero attached hydrogens (tertiary/aromatic N) is 6. The fourth-order valence-electron chi connectivity index (χ4n) is 3.66. The Bertz CT molecular complexity index is 1080. The Labute approximate surface area is 191 Å². The number of aliphatic hydroxyl groups is 1. The zero-order valence-electron chi connectivity index (χ0n) is 18.3. The van der Waals surface area contributed by atoms with Gasteiger partial charge >= 0.3 is 0 Å². The summed E-state index contributed by atoms with van der Waals surface area (Å²) in [7, 11) is 0. The molecule has 10 heteroatoms. The SMILES string of the molecule is Cc1nc(Cc2ncc(C(=O)Nc3cccnc3C)s2)cc(N2CCN(CCO)CC2)n1. The van der Waals surface area contributed by atoms with E-state index in [4.69, 9.17) is 5.11 Å². The number of nitrogens with one attached hydrogen (secondary N) is 1. The third-order valence-electron chi connectivity index (χ3n) is 5.35. The van der Waals surface area contributed by atoms with E-state index in [1.807, 2.05) is 26.0 Å². The van der Waals surface area contributed by atoms with Crippen LogP contribution in [-0.4, -0.2) is 75.2 Å². The standard InChI is InChI=1S/C22H27N7O2S/c1-15-18(4-3-5-23-15)27-22(31)19-14-24-21(32-19)13-17-12-20(26-16(2)25-17)29-8-6-28(7-9-29)10-11-30/h3-5,12,14,30H,6-11,13H2,1-2H3,(H,27,31). The molecule has 0 spiro atoms. The maximum absolute atomic E-state index is 12.6. The molecule has 0 bridgehead atoms. The van der Waals surface area contributed by atoms with Crippen LogP contribution < -0.4 is 10.2 Å². The quantitative estimate of drug-likeness (QED) is 0.559. The van der Waals surface area contributed by atoms with Gasteiger partial charge in [0, 0.05) is 51.4 Å². The van der Waals surface area contributed by atoms with Crippen LogP contribution in [0.4, 0.5) is 11.5 Å². The second-order valence-corrected chi connectivity index (χ2v) is 8.82. The molecule has 0 radical (unpaired) electrons. The highest BCUT2D eigenvalue weighted by molar-refractivity contribution is 7.13. The van der Waals surface area contributed by atoms with Gasteiger partial charge in [0.2, 0.25) is 0 Å². The maximum atomic E-state index is 12.6. The van der Waals surface area contributed by atoms with Gasteiger partial charge in [-0.15, -0.1) is 11.3 Å². The lowest BCUT2D eigenvalue weighted by molar-refractivity contribution is 0.103. The lowest BCUT2D eigenvalue weighted by Gasteiger charge is -2.35. The van der Waals surface area contributed by atoms with E-state index in [2.05, 4.69) is 35.1 Å². The maximum Gasteiger partial charge on any atom is 0.267 e. The van der Waals surface area contributed by atoms with Crippen molar-refractivity contribution in [3.63, 3.8) is 0 Å². The monoisotopic (exact) mass is 453 g/mol. The minimum Gasteiger partial charge on any atom is -0.395 e. The highest BCUT2D eigenvalue weighted by atomic mass is 32.1. The smallest absolute Gasteiger partial charge is 0.267 e. The molecule has 9 nitrogen and oxygen atoms in total. The molecule has 0 unspecified atom stereocenters.